The zero-order valence-electron chi connectivity index (χ0n) is 7.14. The Labute approximate surface area is 64.0 Å². The monoisotopic (exact) mass is 138 g/mol. The molecule has 2 fully saturated rings. The largest absolute Gasteiger partial charge is 0.0625 e. The average Bonchev–Trinajstić information content (AvgIpc) is 1.86. The Morgan fingerprint density at radius 1 is 1.00 bits per heavy atom. The maximum atomic E-state index is 2.43. The molecule has 0 heteroatoms. The minimum absolute atomic E-state index is 1.04. The standard InChI is InChI=1S/C10H18/c1-7-3-4-10-8(2)6-9(10)5-7/h7-10H,3-6H2,1-2H3. The Morgan fingerprint density at radius 3 is 2.40 bits per heavy atom. The van der Waals surface area contributed by atoms with Gasteiger partial charge in [-0.25, -0.2) is 0 Å². The van der Waals surface area contributed by atoms with Crippen LogP contribution in [0.1, 0.15) is 39.5 Å². The quantitative estimate of drug-likeness (QED) is 0.482. The van der Waals surface area contributed by atoms with E-state index in [1.807, 2.05) is 0 Å². The first kappa shape index (κ1) is 6.69. The van der Waals surface area contributed by atoms with Crippen molar-refractivity contribution in [1.29, 1.82) is 0 Å². The SMILES string of the molecule is CC1CCC2C(C)CC2C1. The van der Waals surface area contributed by atoms with Crippen LogP contribution in [0.25, 0.3) is 0 Å². The molecule has 0 aromatic heterocycles. The second-order valence-electron chi connectivity index (χ2n) is 4.56. The Morgan fingerprint density at radius 2 is 1.80 bits per heavy atom. The summed E-state index contributed by atoms with van der Waals surface area (Å²) < 4.78 is 0. The van der Waals surface area contributed by atoms with Gasteiger partial charge in [0.05, 0.1) is 0 Å². The molecular formula is C10H18. The van der Waals surface area contributed by atoms with Crippen LogP contribution in [0.4, 0.5) is 0 Å². The number of hydrogen-bond acceptors (Lipinski definition) is 0. The molecular weight excluding hydrogens is 120 g/mol. The van der Waals surface area contributed by atoms with Crippen LogP contribution in [0.3, 0.4) is 0 Å². The number of rotatable bonds is 0. The van der Waals surface area contributed by atoms with Crippen LogP contribution in [-0.4, -0.2) is 0 Å². The van der Waals surface area contributed by atoms with Gasteiger partial charge in [-0.2, -0.15) is 0 Å². The van der Waals surface area contributed by atoms with Crippen LogP contribution in [0.5, 0.6) is 0 Å². The Bertz CT molecular complexity index is 126. The van der Waals surface area contributed by atoms with Crippen molar-refractivity contribution in [3.8, 4) is 0 Å². The lowest BCUT2D eigenvalue weighted by Gasteiger charge is -2.48. The lowest BCUT2D eigenvalue weighted by Crippen LogP contribution is -2.39. The van der Waals surface area contributed by atoms with Gasteiger partial charge in [-0.3, -0.25) is 0 Å². The highest BCUT2D eigenvalue weighted by Gasteiger charge is 2.40. The molecule has 0 spiro atoms. The fourth-order valence-corrected chi connectivity index (χ4v) is 3.00. The maximum Gasteiger partial charge on any atom is -0.0360 e. The summed E-state index contributed by atoms with van der Waals surface area (Å²) in [5.41, 5.74) is 0. The van der Waals surface area contributed by atoms with Crippen LogP contribution in [0.2, 0.25) is 0 Å². The summed E-state index contributed by atoms with van der Waals surface area (Å²) in [4.78, 5) is 0. The molecule has 0 saturated heterocycles. The van der Waals surface area contributed by atoms with Gasteiger partial charge in [-0.05, 0) is 42.9 Å². The zero-order valence-corrected chi connectivity index (χ0v) is 7.14. The Balaban J connectivity index is 1.93. The highest BCUT2D eigenvalue weighted by Crippen LogP contribution is 2.50. The molecule has 0 radical (unpaired) electrons. The minimum Gasteiger partial charge on any atom is -0.0625 e. The number of fused-ring (bicyclic) bond motifs is 1. The van der Waals surface area contributed by atoms with Crippen LogP contribution in [0.15, 0.2) is 0 Å². The molecule has 0 N–H and O–H groups in total. The molecule has 2 aliphatic rings. The Kier molecular flexibility index (Phi) is 1.51. The molecule has 4 atom stereocenters. The van der Waals surface area contributed by atoms with E-state index in [1.54, 1.807) is 0 Å². The van der Waals surface area contributed by atoms with E-state index in [9.17, 15) is 0 Å². The normalized spacial score (nSPS) is 53.4. The van der Waals surface area contributed by atoms with Gasteiger partial charge >= 0.3 is 0 Å². The highest BCUT2D eigenvalue weighted by molar-refractivity contribution is 4.90. The predicted molar refractivity (Wildman–Crippen MR) is 43.8 cm³/mol. The second kappa shape index (κ2) is 2.25. The van der Waals surface area contributed by atoms with E-state index < -0.39 is 0 Å². The van der Waals surface area contributed by atoms with Gasteiger partial charge in [0.15, 0.2) is 0 Å². The van der Waals surface area contributed by atoms with Gasteiger partial charge in [-0.1, -0.05) is 20.3 Å². The van der Waals surface area contributed by atoms with Crippen molar-refractivity contribution in [3.63, 3.8) is 0 Å². The van der Waals surface area contributed by atoms with E-state index in [4.69, 9.17) is 0 Å². The van der Waals surface area contributed by atoms with Crippen molar-refractivity contribution in [2.24, 2.45) is 23.7 Å². The first-order valence-corrected chi connectivity index (χ1v) is 4.77. The topological polar surface area (TPSA) is 0 Å². The van der Waals surface area contributed by atoms with Crippen LogP contribution < -0.4 is 0 Å². The summed E-state index contributed by atoms with van der Waals surface area (Å²) in [5.74, 6) is 4.38. The summed E-state index contributed by atoms with van der Waals surface area (Å²) >= 11 is 0. The summed E-state index contributed by atoms with van der Waals surface area (Å²) in [6, 6.07) is 0. The molecule has 0 heterocycles. The third-order valence-electron chi connectivity index (χ3n) is 3.71. The summed E-state index contributed by atoms with van der Waals surface area (Å²) in [6.07, 6.45) is 6.11. The first-order chi connectivity index (χ1) is 4.77. The van der Waals surface area contributed by atoms with Gasteiger partial charge in [0.2, 0.25) is 0 Å². The van der Waals surface area contributed by atoms with E-state index in [0.717, 1.165) is 23.7 Å². The average molecular weight is 138 g/mol. The van der Waals surface area contributed by atoms with Gasteiger partial charge in [-0.15, -0.1) is 0 Å². The van der Waals surface area contributed by atoms with Crippen LogP contribution in [-0.2, 0) is 0 Å². The third kappa shape index (κ3) is 0.889. The van der Waals surface area contributed by atoms with E-state index in [1.165, 1.54) is 25.7 Å². The van der Waals surface area contributed by atoms with Crippen molar-refractivity contribution in [2.45, 2.75) is 39.5 Å². The molecule has 0 nitrogen and oxygen atoms in total. The smallest absolute Gasteiger partial charge is 0.0360 e. The van der Waals surface area contributed by atoms with Crippen molar-refractivity contribution in [3.05, 3.63) is 0 Å². The fourth-order valence-electron chi connectivity index (χ4n) is 3.00. The fraction of sp³-hybridized carbons (Fsp3) is 1.00. The van der Waals surface area contributed by atoms with Crippen molar-refractivity contribution in [1.82, 2.24) is 0 Å². The molecule has 2 saturated carbocycles. The molecule has 4 unspecified atom stereocenters. The van der Waals surface area contributed by atoms with E-state index in [-0.39, 0.29) is 0 Å². The van der Waals surface area contributed by atoms with Crippen LogP contribution in [0, 0.1) is 23.7 Å². The van der Waals surface area contributed by atoms with Crippen molar-refractivity contribution in [2.75, 3.05) is 0 Å². The van der Waals surface area contributed by atoms with Gasteiger partial charge in [0, 0.05) is 0 Å². The minimum atomic E-state index is 1.04. The predicted octanol–water partition coefficient (Wildman–Crippen LogP) is 3.08. The second-order valence-corrected chi connectivity index (χ2v) is 4.56. The highest BCUT2D eigenvalue weighted by atomic mass is 14.5. The molecule has 2 rings (SSSR count). The Hall–Kier alpha value is 0. The third-order valence-corrected chi connectivity index (χ3v) is 3.71. The summed E-state index contributed by atoms with van der Waals surface area (Å²) in [5, 5.41) is 0. The van der Waals surface area contributed by atoms with E-state index >= 15 is 0 Å². The molecule has 2 aliphatic carbocycles. The zero-order chi connectivity index (χ0) is 7.14. The first-order valence-electron chi connectivity index (χ1n) is 4.77. The molecule has 0 aromatic rings. The number of hydrogen-bond donors (Lipinski definition) is 0. The van der Waals surface area contributed by atoms with Crippen LogP contribution >= 0.6 is 0 Å². The van der Waals surface area contributed by atoms with E-state index in [0.29, 0.717) is 0 Å². The molecule has 58 valence electrons. The maximum absolute atomic E-state index is 2.43. The van der Waals surface area contributed by atoms with E-state index in [2.05, 4.69) is 13.8 Å². The molecule has 10 heavy (non-hydrogen) atoms. The lowest BCUT2D eigenvalue weighted by atomic mass is 9.57. The van der Waals surface area contributed by atoms with Gasteiger partial charge in [0.1, 0.15) is 0 Å². The molecule has 0 amide bonds. The lowest BCUT2D eigenvalue weighted by molar-refractivity contribution is 0.0212. The summed E-state index contributed by atoms with van der Waals surface area (Å²) in [7, 11) is 0. The van der Waals surface area contributed by atoms with Gasteiger partial charge < -0.3 is 0 Å². The van der Waals surface area contributed by atoms with Crippen molar-refractivity contribution < 1.29 is 0 Å². The summed E-state index contributed by atoms with van der Waals surface area (Å²) in [6.45, 7) is 4.84. The molecule has 0 aliphatic heterocycles. The molecule has 0 aromatic carbocycles. The van der Waals surface area contributed by atoms with Crippen molar-refractivity contribution >= 4 is 0 Å². The molecule has 0 bridgehead atoms. The van der Waals surface area contributed by atoms with Gasteiger partial charge in [0.25, 0.3) is 0 Å².